The summed E-state index contributed by atoms with van der Waals surface area (Å²) in [4.78, 5) is 6.01. The van der Waals surface area contributed by atoms with Gasteiger partial charge >= 0.3 is 0 Å². The third kappa shape index (κ3) is 3.22. The Labute approximate surface area is 110 Å². The molecule has 0 N–H and O–H groups in total. The van der Waals surface area contributed by atoms with Gasteiger partial charge in [-0.1, -0.05) is 11.6 Å². The summed E-state index contributed by atoms with van der Waals surface area (Å²) in [6.45, 7) is 1.93. The van der Waals surface area contributed by atoms with Crippen molar-refractivity contribution in [3.05, 3.63) is 17.3 Å². The lowest BCUT2D eigenvalue weighted by Crippen LogP contribution is -2.22. The first-order chi connectivity index (χ1) is 8.47. The van der Waals surface area contributed by atoms with E-state index in [0.29, 0.717) is 5.02 Å². The summed E-state index contributed by atoms with van der Waals surface area (Å²) in [5.41, 5.74) is 0.804. The number of halogens is 3. The van der Waals surface area contributed by atoms with Crippen LogP contribution in [0.15, 0.2) is 12.3 Å². The fraction of sp³-hybridized carbons (Fsp3) is 0.583. The van der Waals surface area contributed by atoms with E-state index in [9.17, 15) is 8.78 Å². The highest BCUT2D eigenvalue weighted by Crippen LogP contribution is 2.34. The van der Waals surface area contributed by atoms with Crippen LogP contribution in [0.4, 0.5) is 14.5 Å². The van der Waals surface area contributed by atoms with Crippen molar-refractivity contribution in [2.24, 2.45) is 0 Å². The molecule has 1 aliphatic rings. The molecule has 0 spiro atoms. The molecule has 18 heavy (non-hydrogen) atoms. The maximum atomic E-state index is 12.7. The van der Waals surface area contributed by atoms with Crippen LogP contribution in [0.3, 0.4) is 0 Å². The predicted molar refractivity (Wildman–Crippen MR) is 66.8 cm³/mol. The Morgan fingerprint density at radius 1 is 1.44 bits per heavy atom. The second-order valence-corrected chi connectivity index (χ2v) is 4.88. The standard InChI is InChI=1S/C12H15ClF2N2O/c1-12(14,15)8-18-11-10(13)9(4-5-16-11)17-6-2-3-7-17/h4-5H,2-3,6-8H2,1H3. The van der Waals surface area contributed by atoms with Gasteiger partial charge in [-0.2, -0.15) is 0 Å². The highest BCUT2D eigenvalue weighted by Gasteiger charge is 2.24. The SMILES string of the molecule is CC(F)(F)COc1nccc(N2CCCC2)c1Cl. The lowest BCUT2D eigenvalue weighted by atomic mass is 10.3. The second-order valence-electron chi connectivity index (χ2n) is 4.50. The lowest BCUT2D eigenvalue weighted by Gasteiger charge is -2.20. The molecule has 100 valence electrons. The first-order valence-electron chi connectivity index (χ1n) is 5.87. The summed E-state index contributed by atoms with van der Waals surface area (Å²) >= 11 is 6.14. The van der Waals surface area contributed by atoms with Gasteiger partial charge < -0.3 is 9.64 Å². The summed E-state index contributed by atoms with van der Waals surface area (Å²) in [7, 11) is 0. The topological polar surface area (TPSA) is 25.4 Å². The number of hydrogen-bond acceptors (Lipinski definition) is 3. The number of alkyl halides is 2. The highest BCUT2D eigenvalue weighted by atomic mass is 35.5. The summed E-state index contributed by atoms with van der Waals surface area (Å²) in [6, 6.07) is 1.78. The Hall–Kier alpha value is -1.10. The minimum absolute atomic E-state index is 0.0718. The van der Waals surface area contributed by atoms with Crippen molar-refractivity contribution < 1.29 is 13.5 Å². The second kappa shape index (κ2) is 5.26. The number of ether oxygens (including phenoxy) is 1. The van der Waals surface area contributed by atoms with Crippen LogP contribution < -0.4 is 9.64 Å². The van der Waals surface area contributed by atoms with Crippen LogP contribution in [0.25, 0.3) is 0 Å². The van der Waals surface area contributed by atoms with E-state index in [1.165, 1.54) is 6.20 Å². The van der Waals surface area contributed by atoms with E-state index < -0.39 is 12.5 Å². The zero-order chi connectivity index (χ0) is 13.2. The summed E-state index contributed by atoms with van der Waals surface area (Å²) in [5.74, 6) is -2.82. The van der Waals surface area contributed by atoms with Crippen molar-refractivity contribution in [2.45, 2.75) is 25.7 Å². The van der Waals surface area contributed by atoms with Gasteiger partial charge in [0.15, 0.2) is 6.61 Å². The molecule has 0 unspecified atom stereocenters. The van der Waals surface area contributed by atoms with Crippen LogP contribution in [0.2, 0.25) is 5.02 Å². The average molecular weight is 277 g/mol. The Morgan fingerprint density at radius 3 is 2.72 bits per heavy atom. The van der Waals surface area contributed by atoms with Crippen LogP contribution in [-0.4, -0.2) is 30.6 Å². The number of pyridine rings is 1. The minimum atomic E-state index is -2.89. The molecule has 0 bridgehead atoms. The molecule has 1 aliphatic heterocycles. The number of nitrogens with zero attached hydrogens (tertiary/aromatic N) is 2. The van der Waals surface area contributed by atoms with E-state index in [0.717, 1.165) is 38.5 Å². The van der Waals surface area contributed by atoms with Crippen molar-refractivity contribution >= 4 is 17.3 Å². The van der Waals surface area contributed by atoms with Gasteiger partial charge in [0.1, 0.15) is 5.02 Å². The van der Waals surface area contributed by atoms with Crippen molar-refractivity contribution in [3.8, 4) is 5.88 Å². The zero-order valence-electron chi connectivity index (χ0n) is 10.1. The van der Waals surface area contributed by atoms with E-state index in [-0.39, 0.29) is 5.88 Å². The number of aromatic nitrogens is 1. The molecule has 0 amide bonds. The first-order valence-corrected chi connectivity index (χ1v) is 6.25. The summed E-state index contributed by atoms with van der Waals surface area (Å²) < 4.78 is 30.5. The van der Waals surface area contributed by atoms with E-state index in [2.05, 4.69) is 9.88 Å². The van der Waals surface area contributed by atoms with Gasteiger partial charge in [0, 0.05) is 26.2 Å². The molecular formula is C12H15ClF2N2O. The van der Waals surface area contributed by atoms with Crippen molar-refractivity contribution in [2.75, 3.05) is 24.6 Å². The van der Waals surface area contributed by atoms with Crippen LogP contribution in [-0.2, 0) is 0 Å². The van der Waals surface area contributed by atoms with Crippen molar-refractivity contribution in [3.63, 3.8) is 0 Å². The minimum Gasteiger partial charge on any atom is -0.470 e. The smallest absolute Gasteiger partial charge is 0.278 e. The summed E-state index contributed by atoms with van der Waals surface area (Å²) in [6.07, 6.45) is 3.76. The molecule has 1 aromatic heterocycles. The fourth-order valence-electron chi connectivity index (χ4n) is 1.91. The van der Waals surface area contributed by atoms with Gasteiger partial charge in [-0.25, -0.2) is 13.8 Å². The molecule has 0 atom stereocenters. The normalized spacial score (nSPS) is 16.1. The van der Waals surface area contributed by atoms with Gasteiger partial charge in [-0.3, -0.25) is 0 Å². The Kier molecular flexibility index (Phi) is 3.90. The van der Waals surface area contributed by atoms with Crippen LogP contribution in [0.1, 0.15) is 19.8 Å². The molecule has 1 saturated heterocycles. The Bertz CT molecular complexity index is 417. The molecule has 0 aliphatic carbocycles. The molecule has 0 saturated carbocycles. The predicted octanol–water partition coefficient (Wildman–Crippen LogP) is 3.37. The van der Waals surface area contributed by atoms with E-state index in [1.54, 1.807) is 6.07 Å². The van der Waals surface area contributed by atoms with Gasteiger partial charge in [0.05, 0.1) is 5.69 Å². The third-order valence-electron chi connectivity index (χ3n) is 2.75. The number of anilines is 1. The van der Waals surface area contributed by atoms with Crippen molar-refractivity contribution in [1.82, 2.24) is 4.98 Å². The van der Waals surface area contributed by atoms with Crippen LogP contribution in [0, 0.1) is 0 Å². The number of hydrogen-bond donors (Lipinski definition) is 0. The molecule has 2 rings (SSSR count). The first kappa shape index (κ1) is 13.3. The van der Waals surface area contributed by atoms with Crippen LogP contribution in [0.5, 0.6) is 5.88 Å². The van der Waals surface area contributed by atoms with E-state index >= 15 is 0 Å². The third-order valence-corrected chi connectivity index (χ3v) is 3.10. The van der Waals surface area contributed by atoms with Gasteiger partial charge in [-0.15, -0.1) is 0 Å². The average Bonchev–Trinajstić information content (AvgIpc) is 2.80. The number of rotatable bonds is 4. The molecule has 2 heterocycles. The van der Waals surface area contributed by atoms with Gasteiger partial charge in [0.2, 0.25) is 5.88 Å². The quantitative estimate of drug-likeness (QED) is 0.843. The molecule has 0 aromatic carbocycles. The summed E-state index contributed by atoms with van der Waals surface area (Å²) in [5, 5.41) is 0.309. The zero-order valence-corrected chi connectivity index (χ0v) is 10.9. The molecule has 1 fully saturated rings. The van der Waals surface area contributed by atoms with Gasteiger partial charge in [-0.05, 0) is 18.9 Å². The maximum absolute atomic E-state index is 12.7. The maximum Gasteiger partial charge on any atom is 0.278 e. The van der Waals surface area contributed by atoms with Crippen molar-refractivity contribution in [1.29, 1.82) is 0 Å². The molecular weight excluding hydrogens is 262 g/mol. The largest absolute Gasteiger partial charge is 0.470 e. The monoisotopic (exact) mass is 276 g/mol. The Morgan fingerprint density at radius 2 is 2.11 bits per heavy atom. The molecule has 6 heteroatoms. The molecule has 1 aromatic rings. The lowest BCUT2D eigenvalue weighted by molar-refractivity contribution is -0.0241. The van der Waals surface area contributed by atoms with Crippen LogP contribution >= 0.6 is 11.6 Å². The Balaban J connectivity index is 2.14. The fourth-order valence-corrected chi connectivity index (χ4v) is 2.20. The van der Waals surface area contributed by atoms with E-state index in [4.69, 9.17) is 16.3 Å². The molecule has 0 radical (unpaired) electrons. The van der Waals surface area contributed by atoms with E-state index in [1.807, 2.05) is 0 Å². The van der Waals surface area contributed by atoms with Gasteiger partial charge in [0.25, 0.3) is 5.92 Å². The highest BCUT2D eigenvalue weighted by molar-refractivity contribution is 6.34. The molecule has 3 nitrogen and oxygen atoms in total.